The number of carbonyl (C=O) groups is 1. The Morgan fingerprint density at radius 1 is 0.862 bits per heavy atom. The summed E-state index contributed by atoms with van der Waals surface area (Å²) in [5.74, 6) is 0.104. The minimum atomic E-state index is -0.354. The number of aromatic amines is 1. The Balaban J connectivity index is 1.60. The van der Waals surface area contributed by atoms with Crippen molar-refractivity contribution >= 4 is 22.5 Å². The molecule has 2 aromatic carbocycles. The highest BCUT2D eigenvalue weighted by atomic mass is 16.2. The van der Waals surface area contributed by atoms with Crippen molar-refractivity contribution in [2.45, 2.75) is 57.3 Å². The molecule has 1 heterocycles. The van der Waals surface area contributed by atoms with Gasteiger partial charge in [0.15, 0.2) is 0 Å². The number of rotatable bonds is 3. The van der Waals surface area contributed by atoms with E-state index in [0.29, 0.717) is 11.3 Å². The lowest BCUT2D eigenvalue weighted by Gasteiger charge is -2.20. The van der Waals surface area contributed by atoms with Crippen LogP contribution in [0.3, 0.4) is 0 Å². The summed E-state index contributed by atoms with van der Waals surface area (Å²) in [6, 6.07) is 15.3. The molecule has 3 aromatic rings. The molecule has 1 aliphatic rings. The molecule has 4 rings (SSSR count). The van der Waals surface area contributed by atoms with Gasteiger partial charge in [-0.25, -0.2) is 0 Å². The fourth-order valence-corrected chi connectivity index (χ4v) is 4.44. The molecule has 1 aliphatic carbocycles. The number of fused-ring (bicyclic) bond motifs is 1. The highest BCUT2D eigenvalue weighted by Gasteiger charge is 2.19. The molecule has 4 heteroatoms. The van der Waals surface area contributed by atoms with Gasteiger partial charge in [0, 0.05) is 22.8 Å². The number of benzene rings is 2. The van der Waals surface area contributed by atoms with Gasteiger partial charge in [-0.3, -0.25) is 9.59 Å². The first-order valence-electron chi connectivity index (χ1n) is 10.7. The van der Waals surface area contributed by atoms with Crippen molar-refractivity contribution < 1.29 is 4.79 Å². The molecule has 0 saturated heterocycles. The molecule has 2 N–H and O–H groups in total. The van der Waals surface area contributed by atoms with Gasteiger partial charge < -0.3 is 10.3 Å². The highest BCUT2D eigenvalue weighted by Crippen LogP contribution is 2.34. The second-order valence-corrected chi connectivity index (χ2v) is 8.01. The van der Waals surface area contributed by atoms with Crippen molar-refractivity contribution in [3.05, 3.63) is 76.1 Å². The van der Waals surface area contributed by atoms with Crippen LogP contribution in [0.4, 0.5) is 5.69 Å². The topological polar surface area (TPSA) is 62.0 Å². The fourth-order valence-electron chi connectivity index (χ4n) is 4.44. The summed E-state index contributed by atoms with van der Waals surface area (Å²) in [5.41, 5.74) is 2.67. The lowest BCUT2D eigenvalue weighted by atomic mass is 9.88. The van der Waals surface area contributed by atoms with Crippen molar-refractivity contribution in [2.24, 2.45) is 0 Å². The van der Waals surface area contributed by atoms with Crippen LogP contribution >= 0.6 is 0 Å². The first kappa shape index (κ1) is 19.4. The van der Waals surface area contributed by atoms with Gasteiger partial charge >= 0.3 is 0 Å². The molecule has 1 saturated carbocycles. The number of para-hydroxylation sites is 2. The number of pyridine rings is 1. The van der Waals surface area contributed by atoms with E-state index in [4.69, 9.17) is 0 Å². The van der Waals surface area contributed by atoms with E-state index >= 15 is 0 Å². The predicted molar refractivity (Wildman–Crippen MR) is 119 cm³/mol. The maximum Gasteiger partial charge on any atom is 0.261 e. The number of aromatic nitrogens is 1. The van der Waals surface area contributed by atoms with E-state index in [1.807, 2.05) is 36.4 Å². The molecular weight excluding hydrogens is 360 g/mol. The largest absolute Gasteiger partial charge is 0.360 e. The zero-order valence-electron chi connectivity index (χ0n) is 16.7. The summed E-state index contributed by atoms with van der Waals surface area (Å²) in [4.78, 5) is 28.8. The van der Waals surface area contributed by atoms with Crippen LogP contribution in [0, 0.1) is 0 Å². The summed E-state index contributed by atoms with van der Waals surface area (Å²) in [7, 11) is 0. The van der Waals surface area contributed by atoms with Crippen LogP contribution in [0.15, 0.2) is 59.5 Å². The molecule has 0 atom stereocenters. The fraction of sp³-hybridized carbons (Fsp3) is 0.360. The van der Waals surface area contributed by atoms with Crippen molar-refractivity contribution in [3.8, 4) is 0 Å². The zero-order chi connectivity index (χ0) is 20.1. The Bertz CT molecular complexity index is 1040. The first-order chi connectivity index (χ1) is 14.2. The minimum Gasteiger partial charge on any atom is -0.360 e. The van der Waals surface area contributed by atoms with E-state index in [0.717, 1.165) is 24.0 Å². The smallest absolute Gasteiger partial charge is 0.261 e. The number of H-pyrrole nitrogens is 1. The third kappa shape index (κ3) is 4.42. The summed E-state index contributed by atoms with van der Waals surface area (Å²) in [6.07, 6.45) is 11.5. The van der Waals surface area contributed by atoms with E-state index in [-0.39, 0.29) is 16.9 Å². The summed E-state index contributed by atoms with van der Waals surface area (Å²) >= 11 is 0. The molecular formula is C25H28N2O2. The van der Waals surface area contributed by atoms with Crippen LogP contribution in [0.25, 0.3) is 10.9 Å². The molecule has 0 spiro atoms. The first-order valence-corrected chi connectivity index (χ1v) is 10.7. The summed E-state index contributed by atoms with van der Waals surface area (Å²) in [5, 5.41) is 3.55. The molecule has 1 amide bonds. The number of hydrogen-bond acceptors (Lipinski definition) is 2. The zero-order valence-corrected chi connectivity index (χ0v) is 16.7. The Hall–Kier alpha value is -2.88. The third-order valence-corrected chi connectivity index (χ3v) is 6.04. The number of carbonyl (C=O) groups excluding carboxylic acids is 1. The number of nitrogens with one attached hydrogen (secondary N) is 2. The van der Waals surface area contributed by atoms with Crippen molar-refractivity contribution in [2.75, 3.05) is 5.32 Å². The third-order valence-electron chi connectivity index (χ3n) is 6.04. The standard InChI is InChI=1S/C25H28N2O2/c28-24-20-14-8-9-15-22(20)26-17-21(24)25(29)27-23-16-10-7-13-19(23)18-11-5-3-1-2-4-6-12-18/h7-10,13-18H,1-6,11-12H2,(H,26,28)(H,27,29). The molecule has 0 unspecified atom stereocenters. The number of amides is 1. The molecule has 1 fully saturated rings. The maximum atomic E-state index is 13.0. The Kier molecular flexibility index (Phi) is 6.09. The normalized spacial score (nSPS) is 16.0. The van der Waals surface area contributed by atoms with E-state index in [9.17, 15) is 9.59 Å². The van der Waals surface area contributed by atoms with Crippen LogP contribution in [0.5, 0.6) is 0 Å². The van der Waals surface area contributed by atoms with Gasteiger partial charge in [0.2, 0.25) is 5.43 Å². The number of anilines is 1. The van der Waals surface area contributed by atoms with Crippen LogP contribution in [-0.2, 0) is 0 Å². The van der Waals surface area contributed by atoms with E-state index in [1.165, 1.54) is 50.3 Å². The van der Waals surface area contributed by atoms with E-state index in [2.05, 4.69) is 16.4 Å². The van der Waals surface area contributed by atoms with Crippen molar-refractivity contribution in [1.82, 2.24) is 4.98 Å². The van der Waals surface area contributed by atoms with Gasteiger partial charge in [0.05, 0.1) is 0 Å². The Labute approximate surface area is 171 Å². The molecule has 0 radical (unpaired) electrons. The van der Waals surface area contributed by atoms with Gasteiger partial charge in [-0.2, -0.15) is 0 Å². The van der Waals surface area contributed by atoms with Gasteiger partial charge in [-0.1, -0.05) is 68.9 Å². The summed E-state index contributed by atoms with van der Waals surface area (Å²) in [6.45, 7) is 0. The average Bonchev–Trinajstić information content (AvgIpc) is 2.88. The predicted octanol–water partition coefficient (Wildman–Crippen LogP) is 6.00. The SMILES string of the molecule is O=C(Nc1ccccc1C1CCCCCCCC1)c1c[nH]c2ccccc2c1=O. The molecule has 0 aliphatic heterocycles. The highest BCUT2D eigenvalue weighted by molar-refractivity contribution is 6.06. The molecule has 4 nitrogen and oxygen atoms in total. The molecule has 1 aromatic heterocycles. The van der Waals surface area contributed by atoms with Crippen molar-refractivity contribution in [1.29, 1.82) is 0 Å². The molecule has 150 valence electrons. The second kappa shape index (κ2) is 9.08. The van der Waals surface area contributed by atoms with Gasteiger partial charge in [0.25, 0.3) is 5.91 Å². The van der Waals surface area contributed by atoms with Gasteiger partial charge in [-0.05, 0) is 42.5 Å². The van der Waals surface area contributed by atoms with Crippen LogP contribution < -0.4 is 10.7 Å². The molecule has 0 bridgehead atoms. The van der Waals surface area contributed by atoms with Crippen molar-refractivity contribution in [3.63, 3.8) is 0 Å². The van der Waals surface area contributed by atoms with Crippen LogP contribution in [-0.4, -0.2) is 10.9 Å². The quantitative estimate of drug-likeness (QED) is 0.578. The van der Waals surface area contributed by atoms with Gasteiger partial charge in [0.1, 0.15) is 5.56 Å². The Morgan fingerprint density at radius 3 is 2.31 bits per heavy atom. The average molecular weight is 389 g/mol. The van der Waals surface area contributed by atoms with Crippen LogP contribution in [0.2, 0.25) is 0 Å². The number of hydrogen-bond donors (Lipinski definition) is 2. The second-order valence-electron chi connectivity index (χ2n) is 8.01. The summed E-state index contributed by atoms with van der Waals surface area (Å²) < 4.78 is 0. The lowest BCUT2D eigenvalue weighted by molar-refractivity contribution is 0.102. The van der Waals surface area contributed by atoms with Gasteiger partial charge in [-0.15, -0.1) is 0 Å². The maximum absolute atomic E-state index is 13.0. The minimum absolute atomic E-state index is 0.146. The monoisotopic (exact) mass is 388 g/mol. The lowest BCUT2D eigenvalue weighted by Crippen LogP contribution is -2.22. The van der Waals surface area contributed by atoms with Crippen LogP contribution in [0.1, 0.15) is 73.2 Å². The Morgan fingerprint density at radius 2 is 1.52 bits per heavy atom. The molecule has 29 heavy (non-hydrogen) atoms. The van der Waals surface area contributed by atoms with E-state index in [1.54, 1.807) is 6.07 Å². The van der Waals surface area contributed by atoms with E-state index < -0.39 is 0 Å².